The first kappa shape index (κ1) is 11.7. The van der Waals surface area contributed by atoms with Crippen LogP contribution in [0.4, 0.5) is 11.5 Å². The van der Waals surface area contributed by atoms with Gasteiger partial charge in [0.2, 0.25) is 5.82 Å². The Morgan fingerprint density at radius 2 is 2.22 bits per heavy atom. The van der Waals surface area contributed by atoms with Crippen molar-refractivity contribution < 1.29 is 4.92 Å². The van der Waals surface area contributed by atoms with Gasteiger partial charge in [-0.15, -0.1) is 0 Å². The van der Waals surface area contributed by atoms with Gasteiger partial charge in [-0.05, 0) is 43.1 Å². The molecule has 0 bridgehead atoms. The number of aromatic nitrogens is 1. The number of nitrogens with zero attached hydrogens (tertiary/aromatic N) is 2. The van der Waals surface area contributed by atoms with E-state index in [1.807, 2.05) is 0 Å². The molecule has 18 heavy (non-hydrogen) atoms. The molecule has 0 saturated heterocycles. The van der Waals surface area contributed by atoms with Crippen LogP contribution in [0.15, 0.2) is 12.1 Å². The number of halogens is 1. The molecule has 0 aromatic carbocycles. The molecule has 1 aromatic heterocycles. The fourth-order valence-electron chi connectivity index (χ4n) is 2.55. The first-order chi connectivity index (χ1) is 8.61. The highest BCUT2D eigenvalue weighted by Crippen LogP contribution is 2.61. The Kier molecular flexibility index (Phi) is 2.66. The molecule has 0 unspecified atom stereocenters. The van der Waals surface area contributed by atoms with Crippen LogP contribution in [0.25, 0.3) is 0 Å². The first-order valence-electron chi connectivity index (χ1n) is 6.16. The smallest absolute Gasteiger partial charge is 0.311 e. The summed E-state index contributed by atoms with van der Waals surface area (Å²) in [5.41, 5.74) is 0.365. The number of nitro groups is 1. The lowest BCUT2D eigenvalue weighted by Crippen LogP contribution is -2.18. The van der Waals surface area contributed by atoms with Crippen LogP contribution in [0, 0.1) is 21.4 Å². The van der Waals surface area contributed by atoms with Crippen molar-refractivity contribution >= 4 is 23.1 Å². The molecule has 1 N–H and O–H groups in total. The van der Waals surface area contributed by atoms with Crippen LogP contribution >= 0.6 is 11.6 Å². The van der Waals surface area contributed by atoms with Gasteiger partial charge in [0, 0.05) is 12.6 Å². The van der Waals surface area contributed by atoms with Crippen LogP contribution in [-0.4, -0.2) is 16.5 Å². The van der Waals surface area contributed by atoms with Gasteiger partial charge in [-0.2, -0.15) is 0 Å². The third-order valence-corrected chi connectivity index (χ3v) is 4.19. The van der Waals surface area contributed by atoms with E-state index in [1.54, 1.807) is 0 Å². The number of hydrogen-bond donors (Lipinski definition) is 1. The lowest BCUT2D eigenvalue weighted by Gasteiger charge is -2.15. The second-order valence-electron chi connectivity index (χ2n) is 5.25. The second kappa shape index (κ2) is 4.09. The molecule has 0 atom stereocenters. The van der Waals surface area contributed by atoms with Gasteiger partial charge < -0.3 is 5.32 Å². The highest BCUT2D eigenvalue weighted by molar-refractivity contribution is 6.29. The van der Waals surface area contributed by atoms with Crippen molar-refractivity contribution in [3.8, 4) is 0 Å². The molecule has 2 fully saturated rings. The van der Waals surface area contributed by atoms with Crippen molar-refractivity contribution in [1.82, 2.24) is 4.98 Å². The molecule has 96 valence electrons. The maximum atomic E-state index is 10.9. The molecule has 5 nitrogen and oxygen atoms in total. The molecule has 2 aliphatic rings. The maximum absolute atomic E-state index is 10.9. The van der Waals surface area contributed by atoms with Crippen LogP contribution < -0.4 is 5.32 Å². The van der Waals surface area contributed by atoms with Crippen LogP contribution in [-0.2, 0) is 0 Å². The van der Waals surface area contributed by atoms with Crippen molar-refractivity contribution in [2.75, 3.05) is 11.9 Å². The minimum absolute atomic E-state index is 0.00834. The molecular formula is C12H14ClN3O2. The van der Waals surface area contributed by atoms with Crippen molar-refractivity contribution in [3.63, 3.8) is 0 Å². The van der Waals surface area contributed by atoms with E-state index in [1.165, 1.54) is 37.8 Å². The average molecular weight is 268 g/mol. The third-order valence-electron chi connectivity index (χ3n) is 3.98. The normalized spacial score (nSPS) is 20.5. The van der Waals surface area contributed by atoms with Gasteiger partial charge in [-0.1, -0.05) is 11.6 Å². The van der Waals surface area contributed by atoms with Crippen molar-refractivity contribution in [2.45, 2.75) is 25.7 Å². The van der Waals surface area contributed by atoms with E-state index in [2.05, 4.69) is 10.3 Å². The zero-order valence-electron chi connectivity index (χ0n) is 9.86. The van der Waals surface area contributed by atoms with Crippen LogP contribution in [0.3, 0.4) is 0 Å². The van der Waals surface area contributed by atoms with Gasteiger partial charge in [0.25, 0.3) is 0 Å². The molecule has 0 spiro atoms. The van der Waals surface area contributed by atoms with E-state index in [9.17, 15) is 10.1 Å². The Labute approximate surface area is 110 Å². The summed E-state index contributed by atoms with van der Waals surface area (Å²) in [6.07, 6.45) is 5.04. The van der Waals surface area contributed by atoms with Crippen molar-refractivity contribution in [1.29, 1.82) is 0 Å². The van der Waals surface area contributed by atoms with Crippen LogP contribution in [0.2, 0.25) is 5.15 Å². The van der Waals surface area contributed by atoms with E-state index in [0.29, 0.717) is 11.2 Å². The Hall–Kier alpha value is -1.36. The molecular weight excluding hydrogens is 254 g/mol. The summed E-state index contributed by atoms with van der Waals surface area (Å²) in [4.78, 5) is 14.5. The molecule has 1 heterocycles. The Morgan fingerprint density at radius 1 is 1.50 bits per heavy atom. The fraction of sp³-hybridized carbons (Fsp3) is 0.583. The average Bonchev–Trinajstić information content (AvgIpc) is 3.18. The van der Waals surface area contributed by atoms with Gasteiger partial charge in [0.15, 0.2) is 0 Å². The zero-order chi connectivity index (χ0) is 12.8. The van der Waals surface area contributed by atoms with Crippen LogP contribution in [0.5, 0.6) is 0 Å². The molecule has 0 amide bonds. The largest absolute Gasteiger partial charge is 0.364 e. The number of hydrogen-bond acceptors (Lipinski definition) is 4. The quantitative estimate of drug-likeness (QED) is 0.505. The molecule has 0 aliphatic heterocycles. The number of anilines is 1. The number of nitrogens with one attached hydrogen (secondary N) is 1. The molecule has 2 saturated carbocycles. The van der Waals surface area contributed by atoms with Gasteiger partial charge in [-0.25, -0.2) is 4.98 Å². The first-order valence-corrected chi connectivity index (χ1v) is 6.53. The lowest BCUT2D eigenvalue weighted by atomic mass is 10.0. The summed E-state index contributed by atoms with van der Waals surface area (Å²) < 4.78 is 0. The summed E-state index contributed by atoms with van der Waals surface area (Å²) in [5, 5.41) is 14.3. The van der Waals surface area contributed by atoms with Crippen molar-refractivity contribution in [2.24, 2.45) is 11.3 Å². The molecule has 2 aliphatic carbocycles. The molecule has 6 heteroatoms. The fourth-order valence-corrected chi connectivity index (χ4v) is 2.70. The zero-order valence-corrected chi connectivity index (χ0v) is 10.6. The van der Waals surface area contributed by atoms with E-state index in [4.69, 9.17) is 11.6 Å². The third kappa shape index (κ3) is 2.14. The summed E-state index contributed by atoms with van der Waals surface area (Å²) in [6, 6.07) is 2.84. The van der Waals surface area contributed by atoms with Gasteiger partial charge in [0.05, 0.1) is 4.92 Å². The standard InChI is InChI=1S/C12H14ClN3O2/c13-10-4-3-9(16(17)18)11(15-10)14-7-12(5-6-12)8-1-2-8/h3-4,8H,1-2,5-7H2,(H,14,15). The Balaban J connectivity index is 1.75. The Morgan fingerprint density at radius 3 is 2.78 bits per heavy atom. The number of pyridine rings is 1. The molecule has 1 aromatic rings. The number of rotatable bonds is 5. The van der Waals surface area contributed by atoms with E-state index >= 15 is 0 Å². The van der Waals surface area contributed by atoms with Gasteiger partial charge >= 0.3 is 5.69 Å². The van der Waals surface area contributed by atoms with Crippen molar-refractivity contribution in [3.05, 3.63) is 27.4 Å². The SMILES string of the molecule is O=[N+]([O-])c1ccc(Cl)nc1NCC1(C2CC2)CC1. The summed E-state index contributed by atoms with van der Waals surface area (Å²) >= 11 is 5.79. The minimum atomic E-state index is -0.428. The lowest BCUT2D eigenvalue weighted by molar-refractivity contribution is -0.384. The molecule has 3 rings (SSSR count). The maximum Gasteiger partial charge on any atom is 0.311 e. The highest BCUT2D eigenvalue weighted by atomic mass is 35.5. The predicted molar refractivity (Wildman–Crippen MR) is 68.8 cm³/mol. The predicted octanol–water partition coefficient (Wildman–Crippen LogP) is 3.25. The summed E-state index contributed by atoms with van der Waals surface area (Å²) in [5.74, 6) is 1.10. The minimum Gasteiger partial charge on any atom is -0.364 e. The van der Waals surface area contributed by atoms with E-state index < -0.39 is 4.92 Å². The van der Waals surface area contributed by atoms with Crippen LogP contribution in [0.1, 0.15) is 25.7 Å². The second-order valence-corrected chi connectivity index (χ2v) is 5.64. The van der Waals surface area contributed by atoms with Gasteiger partial charge in [0.1, 0.15) is 5.15 Å². The highest BCUT2D eigenvalue weighted by Gasteiger charge is 2.53. The van der Waals surface area contributed by atoms with Gasteiger partial charge in [-0.3, -0.25) is 10.1 Å². The van der Waals surface area contributed by atoms with E-state index in [-0.39, 0.29) is 10.8 Å². The summed E-state index contributed by atoms with van der Waals surface area (Å²) in [7, 11) is 0. The van der Waals surface area contributed by atoms with E-state index in [0.717, 1.165) is 12.5 Å². The monoisotopic (exact) mass is 267 g/mol. The topological polar surface area (TPSA) is 68.1 Å². The Bertz CT molecular complexity index is 498. The molecule has 0 radical (unpaired) electrons. The summed E-state index contributed by atoms with van der Waals surface area (Å²) in [6.45, 7) is 0.770.